The quantitative estimate of drug-likeness (QED) is 0.366. The number of nitrogens with zero attached hydrogens (tertiary/aromatic N) is 2. The standard InChI is InChI=1S/C30H29N3O5S/c1-32(39(36,37)25-16-15-23-11-5-6-12-24(23)19-25)21-29(34)33-20-28(38-27-14-8-7-13-26(27)33)30(35)31-18-17-22-9-3-2-4-10-22/h2-16,19,28H,17-18,20-21H2,1H3,(H,31,35)/t28-/m1/s1. The molecule has 9 heteroatoms. The van der Waals surface area contributed by atoms with Gasteiger partial charge in [-0.3, -0.25) is 9.59 Å². The van der Waals surface area contributed by atoms with Crippen molar-refractivity contribution in [3.8, 4) is 5.75 Å². The number of ether oxygens (including phenoxy) is 1. The molecule has 5 rings (SSSR count). The average Bonchev–Trinajstić information content (AvgIpc) is 2.96. The number of nitrogens with one attached hydrogen (secondary N) is 1. The number of fused-ring (bicyclic) bond motifs is 2. The first kappa shape index (κ1) is 26.4. The monoisotopic (exact) mass is 543 g/mol. The van der Waals surface area contributed by atoms with Gasteiger partial charge in [0.1, 0.15) is 5.75 Å². The Balaban J connectivity index is 1.29. The van der Waals surface area contributed by atoms with Crippen molar-refractivity contribution < 1.29 is 22.7 Å². The number of amides is 2. The van der Waals surface area contributed by atoms with Gasteiger partial charge in [-0.2, -0.15) is 4.31 Å². The molecule has 1 aliphatic rings. The zero-order valence-corrected chi connectivity index (χ0v) is 22.3. The van der Waals surface area contributed by atoms with Crippen molar-refractivity contribution in [1.29, 1.82) is 0 Å². The second kappa shape index (κ2) is 11.3. The van der Waals surface area contributed by atoms with Gasteiger partial charge in [-0.25, -0.2) is 8.42 Å². The predicted octanol–water partition coefficient (Wildman–Crippen LogP) is 3.61. The molecule has 200 valence electrons. The van der Waals surface area contributed by atoms with Gasteiger partial charge in [0.2, 0.25) is 15.9 Å². The maximum absolute atomic E-state index is 13.5. The number of likely N-dealkylation sites (N-methyl/N-ethyl adjacent to an activating group) is 1. The van der Waals surface area contributed by atoms with E-state index in [1.54, 1.807) is 42.5 Å². The van der Waals surface area contributed by atoms with E-state index in [1.165, 1.54) is 11.9 Å². The summed E-state index contributed by atoms with van der Waals surface area (Å²) in [6.07, 6.45) is -0.266. The Labute approximate surface area is 227 Å². The van der Waals surface area contributed by atoms with E-state index in [2.05, 4.69) is 5.32 Å². The molecule has 8 nitrogen and oxygen atoms in total. The van der Waals surface area contributed by atoms with Crippen LogP contribution in [0.5, 0.6) is 5.75 Å². The van der Waals surface area contributed by atoms with Gasteiger partial charge in [0.25, 0.3) is 5.91 Å². The molecule has 4 aromatic rings. The van der Waals surface area contributed by atoms with Gasteiger partial charge in [-0.1, -0.05) is 72.8 Å². The first-order valence-corrected chi connectivity index (χ1v) is 14.1. The summed E-state index contributed by atoms with van der Waals surface area (Å²) < 4.78 is 33.6. The lowest BCUT2D eigenvalue weighted by atomic mass is 10.1. The van der Waals surface area contributed by atoms with Crippen molar-refractivity contribution in [2.45, 2.75) is 17.4 Å². The average molecular weight is 544 g/mol. The van der Waals surface area contributed by atoms with E-state index in [4.69, 9.17) is 4.74 Å². The third kappa shape index (κ3) is 5.79. The number of benzene rings is 4. The Kier molecular flexibility index (Phi) is 7.63. The first-order valence-electron chi connectivity index (χ1n) is 12.7. The number of sulfonamides is 1. The summed E-state index contributed by atoms with van der Waals surface area (Å²) in [5, 5.41) is 4.60. The van der Waals surface area contributed by atoms with Crippen molar-refractivity contribution in [2.24, 2.45) is 0 Å². The highest BCUT2D eigenvalue weighted by Gasteiger charge is 2.35. The number of carbonyl (C=O) groups excluding carboxylic acids is 2. The Morgan fingerprint density at radius 1 is 0.923 bits per heavy atom. The smallest absolute Gasteiger partial charge is 0.262 e. The summed E-state index contributed by atoms with van der Waals surface area (Å²) in [7, 11) is -2.56. The Hall–Kier alpha value is -4.21. The summed E-state index contributed by atoms with van der Waals surface area (Å²) >= 11 is 0. The zero-order valence-electron chi connectivity index (χ0n) is 21.5. The molecule has 1 aliphatic heterocycles. The van der Waals surface area contributed by atoms with E-state index in [-0.39, 0.29) is 17.3 Å². The van der Waals surface area contributed by atoms with Crippen molar-refractivity contribution in [2.75, 3.05) is 31.6 Å². The molecule has 0 bridgehead atoms. The SMILES string of the molecule is CN(CC(=O)N1C[C@H](C(=O)NCCc2ccccc2)Oc2ccccc21)S(=O)(=O)c1ccc2ccccc2c1. The van der Waals surface area contributed by atoms with Gasteiger partial charge in [0, 0.05) is 13.6 Å². The van der Waals surface area contributed by atoms with Crippen LogP contribution >= 0.6 is 0 Å². The molecule has 0 aliphatic carbocycles. The third-order valence-corrected chi connectivity index (χ3v) is 8.51. The van der Waals surface area contributed by atoms with E-state index in [9.17, 15) is 18.0 Å². The first-order chi connectivity index (χ1) is 18.8. The fraction of sp³-hybridized carbons (Fsp3) is 0.200. The lowest BCUT2D eigenvalue weighted by Gasteiger charge is -2.35. The molecular weight excluding hydrogens is 514 g/mol. The Morgan fingerprint density at radius 3 is 2.41 bits per heavy atom. The van der Waals surface area contributed by atoms with Crippen molar-refractivity contribution in [1.82, 2.24) is 9.62 Å². The van der Waals surface area contributed by atoms with Gasteiger partial charge in [0.05, 0.1) is 23.7 Å². The number of hydrogen-bond acceptors (Lipinski definition) is 5. The molecule has 2 amide bonds. The molecule has 0 unspecified atom stereocenters. The summed E-state index contributed by atoms with van der Waals surface area (Å²) in [5.41, 5.74) is 1.59. The van der Waals surface area contributed by atoms with Crippen LogP contribution in [0.4, 0.5) is 5.69 Å². The number of carbonyl (C=O) groups is 2. The molecule has 0 aromatic heterocycles. The fourth-order valence-corrected chi connectivity index (χ4v) is 5.72. The number of hydrogen-bond donors (Lipinski definition) is 1. The molecule has 1 N–H and O–H groups in total. The van der Waals surface area contributed by atoms with Crippen LogP contribution in [0, 0.1) is 0 Å². The summed E-state index contributed by atoms with van der Waals surface area (Å²) in [4.78, 5) is 28.0. The molecular formula is C30H29N3O5S. The predicted molar refractivity (Wildman–Crippen MR) is 150 cm³/mol. The van der Waals surface area contributed by atoms with Crippen LogP contribution < -0.4 is 15.0 Å². The van der Waals surface area contributed by atoms with Crippen LogP contribution in [-0.2, 0) is 26.0 Å². The highest BCUT2D eigenvalue weighted by molar-refractivity contribution is 7.89. The van der Waals surface area contributed by atoms with Crippen LogP contribution in [0.2, 0.25) is 0 Å². The maximum atomic E-state index is 13.5. The van der Waals surface area contributed by atoms with E-state index in [0.29, 0.717) is 24.4 Å². The fourth-order valence-electron chi connectivity index (χ4n) is 4.56. The number of anilines is 1. The zero-order chi connectivity index (χ0) is 27.4. The van der Waals surface area contributed by atoms with Crippen molar-refractivity contribution in [3.63, 3.8) is 0 Å². The van der Waals surface area contributed by atoms with E-state index < -0.39 is 28.6 Å². The number of rotatable bonds is 8. The molecule has 0 saturated carbocycles. The minimum Gasteiger partial charge on any atom is -0.477 e. The minimum atomic E-state index is -3.93. The van der Waals surface area contributed by atoms with E-state index >= 15 is 0 Å². The maximum Gasteiger partial charge on any atom is 0.262 e. The lowest BCUT2D eigenvalue weighted by molar-refractivity contribution is -0.128. The minimum absolute atomic E-state index is 0.0309. The van der Waals surface area contributed by atoms with Gasteiger partial charge in [-0.15, -0.1) is 0 Å². The van der Waals surface area contributed by atoms with E-state index in [1.807, 2.05) is 54.6 Å². The Bertz CT molecular complexity index is 1610. The number of para-hydroxylation sites is 2. The normalized spacial score (nSPS) is 15.0. The summed E-state index contributed by atoms with van der Waals surface area (Å²) in [6, 6.07) is 29.1. The third-order valence-electron chi connectivity index (χ3n) is 6.71. The van der Waals surface area contributed by atoms with Crippen LogP contribution in [0.1, 0.15) is 5.56 Å². The van der Waals surface area contributed by atoms with Crippen LogP contribution in [0.15, 0.2) is 102 Å². The van der Waals surface area contributed by atoms with Crippen molar-refractivity contribution in [3.05, 3.63) is 103 Å². The molecule has 4 aromatic carbocycles. The van der Waals surface area contributed by atoms with Crippen LogP contribution in [0.3, 0.4) is 0 Å². The van der Waals surface area contributed by atoms with Crippen molar-refractivity contribution >= 4 is 38.3 Å². The molecule has 0 spiro atoms. The molecule has 0 fully saturated rings. The molecule has 1 atom stereocenters. The molecule has 0 saturated heterocycles. The van der Waals surface area contributed by atoms with Gasteiger partial charge >= 0.3 is 0 Å². The van der Waals surface area contributed by atoms with Crippen LogP contribution in [0.25, 0.3) is 10.8 Å². The summed E-state index contributed by atoms with van der Waals surface area (Å²) in [5.74, 6) is -0.407. The molecule has 0 radical (unpaired) electrons. The second-order valence-corrected chi connectivity index (χ2v) is 11.4. The van der Waals surface area contributed by atoms with E-state index in [0.717, 1.165) is 20.6 Å². The molecule has 1 heterocycles. The Morgan fingerprint density at radius 2 is 1.62 bits per heavy atom. The summed E-state index contributed by atoms with van der Waals surface area (Å²) in [6.45, 7) is -0.00619. The second-order valence-electron chi connectivity index (χ2n) is 9.38. The largest absolute Gasteiger partial charge is 0.477 e. The van der Waals surface area contributed by atoms with Gasteiger partial charge < -0.3 is 15.0 Å². The lowest BCUT2D eigenvalue weighted by Crippen LogP contribution is -2.52. The highest BCUT2D eigenvalue weighted by Crippen LogP contribution is 2.33. The van der Waals surface area contributed by atoms with Gasteiger partial charge in [-0.05, 0) is 47.0 Å². The topological polar surface area (TPSA) is 96.0 Å². The molecule has 39 heavy (non-hydrogen) atoms. The highest BCUT2D eigenvalue weighted by atomic mass is 32.2. The van der Waals surface area contributed by atoms with Crippen LogP contribution in [-0.4, -0.2) is 57.3 Å². The van der Waals surface area contributed by atoms with Gasteiger partial charge in [0.15, 0.2) is 6.10 Å².